The molecule has 0 saturated heterocycles. The fourth-order valence-electron chi connectivity index (χ4n) is 2.90. The van der Waals surface area contributed by atoms with E-state index in [0.29, 0.717) is 16.8 Å². The van der Waals surface area contributed by atoms with Crippen LogP contribution in [-0.4, -0.2) is 0 Å². The minimum atomic E-state index is -0.646. The highest BCUT2D eigenvalue weighted by molar-refractivity contribution is 5.66. The normalized spacial score (nSPS) is 10.6. The predicted octanol–water partition coefficient (Wildman–Crippen LogP) is 3.32. The standard InChI is InChI=1S/C22H15NO3/c24-20-19(16-10-4-1-5-11-16)22(25)26-21(17-12-6-2-7-13-17)23(20)18-14-8-3-9-15-18/h1-15H. The van der Waals surface area contributed by atoms with Crippen LogP contribution >= 0.6 is 0 Å². The smallest absolute Gasteiger partial charge is 0.388 e. The number of para-hydroxylation sites is 1. The molecule has 4 heteroatoms. The van der Waals surface area contributed by atoms with Crippen molar-refractivity contribution in [2.75, 3.05) is 0 Å². The molecule has 0 aliphatic heterocycles. The molecule has 0 spiro atoms. The van der Waals surface area contributed by atoms with E-state index in [9.17, 15) is 9.90 Å². The average molecular weight is 341 g/mol. The van der Waals surface area contributed by atoms with Crippen molar-refractivity contribution in [3.63, 3.8) is 0 Å². The lowest BCUT2D eigenvalue weighted by atomic mass is 10.1. The molecule has 0 aliphatic carbocycles. The summed E-state index contributed by atoms with van der Waals surface area (Å²) in [6.07, 6.45) is 0. The van der Waals surface area contributed by atoms with Crippen molar-refractivity contribution in [2.45, 2.75) is 0 Å². The molecular formula is C22H15NO3. The summed E-state index contributed by atoms with van der Waals surface area (Å²) < 4.78 is 7.07. The third-order valence-corrected chi connectivity index (χ3v) is 4.11. The molecule has 0 aliphatic rings. The third-order valence-electron chi connectivity index (χ3n) is 4.11. The molecule has 4 nitrogen and oxygen atoms in total. The van der Waals surface area contributed by atoms with Gasteiger partial charge in [0.2, 0.25) is 5.69 Å². The Morgan fingerprint density at radius 2 is 1.19 bits per heavy atom. The molecule has 126 valence electrons. The van der Waals surface area contributed by atoms with E-state index in [1.165, 1.54) is 4.57 Å². The summed E-state index contributed by atoms with van der Waals surface area (Å²) in [5.74, 6) is -0.191. The van der Waals surface area contributed by atoms with Crippen molar-refractivity contribution in [2.24, 2.45) is 0 Å². The molecular weight excluding hydrogens is 326 g/mol. The molecule has 0 radical (unpaired) electrons. The zero-order valence-corrected chi connectivity index (χ0v) is 13.8. The number of hydrogen-bond donors (Lipinski definition) is 0. The van der Waals surface area contributed by atoms with Crippen LogP contribution in [-0.2, 0) is 0 Å². The van der Waals surface area contributed by atoms with Gasteiger partial charge in [0.05, 0.1) is 5.56 Å². The van der Waals surface area contributed by atoms with Crippen molar-refractivity contribution in [1.29, 1.82) is 0 Å². The summed E-state index contributed by atoms with van der Waals surface area (Å²) in [6, 6.07) is 27.2. The van der Waals surface area contributed by atoms with Crippen LogP contribution in [0.15, 0.2) is 100 Å². The molecule has 0 amide bonds. The largest absolute Gasteiger partial charge is 0.822 e. The van der Waals surface area contributed by atoms with E-state index in [2.05, 4.69) is 0 Å². The van der Waals surface area contributed by atoms with Crippen LogP contribution in [0.25, 0.3) is 28.3 Å². The van der Waals surface area contributed by atoms with Crippen LogP contribution in [0.3, 0.4) is 0 Å². The van der Waals surface area contributed by atoms with Gasteiger partial charge >= 0.3 is 11.5 Å². The number of rotatable bonds is 3. The Kier molecular flexibility index (Phi) is 4.07. The molecule has 3 aromatic carbocycles. The summed E-state index contributed by atoms with van der Waals surface area (Å²) in [6.45, 7) is 0. The summed E-state index contributed by atoms with van der Waals surface area (Å²) >= 11 is 0. The predicted molar refractivity (Wildman–Crippen MR) is 96.8 cm³/mol. The van der Waals surface area contributed by atoms with Gasteiger partial charge in [-0.05, 0) is 17.7 Å². The first kappa shape index (κ1) is 15.8. The monoisotopic (exact) mass is 341 g/mol. The molecule has 0 atom stereocenters. The van der Waals surface area contributed by atoms with Gasteiger partial charge in [-0.2, -0.15) is 0 Å². The van der Waals surface area contributed by atoms with E-state index in [-0.39, 0.29) is 11.5 Å². The number of benzene rings is 3. The van der Waals surface area contributed by atoms with Gasteiger partial charge in [-0.1, -0.05) is 66.7 Å². The molecule has 0 unspecified atom stereocenters. The number of hydrogen-bond acceptors (Lipinski definition) is 3. The summed E-state index contributed by atoms with van der Waals surface area (Å²) in [5.41, 5.74) is 1.21. The fraction of sp³-hybridized carbons (Fsp3) is 0. The van der Waals surface area contributed by atoms with Crippen molar-refractivity contribution in [3.8, 4) is 34.1 Å². The van der Waals surface area contributed by atoms with Gasteiger partial charge in [0.15, 0.2) is 5.88 Å². The Labute approximate surface area is 150 Å². The van der Waals surface area contributed by atoms with Crippen molar-refractivity contribution in [1.82, 2.24) is 0 Å². The van der Waals surface area contributed by atoms with Crippen LogP contribution in [0, 0.1) is 0 Å². The van der Waals surface area contributed by atoms with E-state index in [1.54, 1.807) is 36.4 Å². The minimum absolute atomic E-state index is 0.0223. The van der Waals surface area contributed by atoms with Crippen molar-refractivity contribution < 1.29 is 14.1 Å². The zero-order valence-electron chi connectivity index (χ0n) is 13.8. The summed E-state index contributed by atoms with van der Waals surface area (Å²) in [5, 5.41) is 13.3. The Balaban J connectivity index is 2.07. The molecule has 26 heavy (non-hydrogen) atoms. The summed E-state index contributed by atoms with van der Waals surface area (Å²) in [7, 11) is 0. The van der Waals surface area contributed by atoms with Crippen LogP contribution in [0.4, 0.5) is 0 Å². The van der Waals surface area contributed by atoms with Crippen LogP contribution in [0.5, 0.6) is 5.88 Å². The molecule has 4 rings (SSSR count). The molecule has 1 heterocycles. The highest BCUT2D eigenvalue weighted by Crippen LogP contribution is 2.25. The van der Waals surface area contributed by atoms with E-state index in [0.717, 1.165) is 0 Å². The first-order valence-corrected chi connectivity index (χ1v) is 8.22. The maximum Gasteiger partial charge on any atom is 0.388 e. The first-order chi connectivity index (χ1) is 12.8. The maximum atomic E-state index is 13.3. The van der Waals surface area contributed by atoms with E-state index in [4.69, 9.17) is 4.42 Å². The van der Waals surface area contributed by atoms with E-state index >= 15 is 0 Å². The third kappa shape index (κ3) is 2.78. The molecule has 4 aromatic rings. The number of nitrogens with zero attached hydrogens (tertiary/aromatic N) is 1. The Bertz CT molecular complexity index is 1090. The molecule has 1 aromatic heterocycles. The lowest BCUT2D eigenvalue weighted by Crippen LogP contribution is -2.40. The second-order valence-electron chi connectivity index (χ2n) is 5.78. The molecule has 0 bridgehead atoms. The topological polar surface area (TPSA) is 57.2 Å². The summed E-state index contributed by atoms with van der Waals surface area (Å²) in [4.78, 5) is 12.6. The minimum Gasteiger partial charge on any atom is -0.822 e. The van der Waals surface area contributed by atoms with Crippen LogP contribution < -0.4 is 15.3 Å². The highest BCUT2D eigenvalue weighted by Gasteiger charge is 2.25. The second-order valence-corrected chi connectivity index (χ2v) is 5.78. The maximum absolute atomic E-state index is 13.3. The van der Waals surface area contributed by atoms with Crippen molar-refractivity contribution in [3.05, 3.63) is 101 Å². The SMILES string of the molecule is O=c1oc(-c2ccccc2)[n+](-c2ccccc2)c([O-])c1-c1ccccc1. The molecule has 0 saturated carbocycles. The van der Waals surface area contributed by atoms with E-state index < -0.39 is 11.5 Å². The molecule has 0 fully saturated rings. The Morgan fingerprint density at radius 3 is 1.77 bits per heavy atom. The first-order valence-electron chi connectivity index (χ1n) is 8.22. The van der Waals surface area contributed by atoms with Gasteiger partial charge in [0, 0.05) is 12.1 Å². The lowest BCUT2D eigenvalue weighted by molar-refractivity contribution is -0.649. The Hall–Kier alpha value is -3.66. The zero-order chi connectivity index (χ0) is 17.9. The van der Waals surface area contributed by atoms with Gasteiger partial charge in [-0.15, -0.1) is 4.57 Å². The van der Waals surface area contributed by atoms with Gasteiger partial charge in [0.25, 0.3) is 0 Å². The quantitative estimate of drug-likeness (QED) is 0.537. The lowest BCUT2D eigenvalue weighted by Gasteiger charge is -2.13. The van der Waals surface area contributed by atoms with E-state index in [1.807, 2.05) is 54.6 Å². The number of aromatic nitrogens is 1. The van der Waals surface area contributed by atoms with Gasteiger partial charge in [-0.25, -0.2) is 4.79 Å². The fourth-order valence-corrected chi connectivity index (χ4v) is 2.90. The highest BCUT2D eigenvalue weighted by atomic mass is 16.4. The van der Waals surface area contributed by atoms with Crippen LogP contribution in [0.1, 0.15) is 0 Å². The van der Waals surface area contributed by atoms with Crippen LogP contribution in [0.2, 0.25) is 0 Å². The average Bonchev–Trinajstić information content (AvgIpc) is 2.70. The second kappa shape index (κ2) is 6.69. The van der Waals surface area contributed by atoms with Gasteiger partial charge in [0.1, 0.15) is 5.56 Å². The van der Waals surface area contributed by atoms with Crippen molar-refractivity contribution >= 4 is 0 Å². The Morgan fingerprint density at radius 1 is 0.692 bits per heavy atom. The van der Waals surface area contributed by atoms with Gasteiger partial charge in [-0.3, -0.25) is 0 Å². The van der Waals surface area contributed by atoms with Gasteiger partial charge < -0.3 is 9.52 Å². The molecule has 0 N–H and O–H groups in total.